The van der Waals surface area contributed by atoms with Gasteiger partial charge in [-0.3, -0.25) is 0 Å². The molecule has 1 atom stereocenters. The molecule has 1 aliphatic heterocycles. The van der Waals surface area contributed by atoms with Crippen LogP contribution >= 0.6 is 0 Å². The van der Waals surface area contributed by atoms with Gasteiger partial charge in [-0.2, -0.15) is 0 Å². The third kappa shape index (κ3) is 3.86. The Morgan fingerprint density at radius 1 is 1.17 bits per heavy atom. The molecular weight excluding hydrogens is 223 g/mol. The van der Waals surface area contributed by atoms with Crippen molar-refractivity contribution >= 4 is 7.12 Å². The van der Waals surface area contributed by atoms with Crippen LogP contribution in [0.15, 0.2) is 11.5 Å². The zero-order valence-electron chi connectivity index (χ0n) is 13.2. The van der Waals surface area contributed by atoms with E-state index in [1.54, 1.807) is 0 Å². The summed E-state index contributed by atoms with van der Waals surface area (Å²) in [6.07, 6.45) is 3.64. The molecule has 2 nitrogen and oxygen atoms in total. The van der Waals surface area contributed by atoms with Crippen LogP contribution in [-0.2, 0) is 9.31 Å². The molecule has 1 rings (SSSR count). The number of hydrogen-bond donors (Lipinski definition) is 0. The topological polar surface area (TPSA) is 18.5 Å². The maximum atomic E-state index is 5.97. The molecule has 3 heteroatoms. The summed E-state index contributed by atoms with van der Waals surface area (Å²) >= 11 is 0. The summed E-state index contributed by atoms with van der Waals surface area (Å²) in [6, 6.07) is 0. The van der Waals surface area contributed by atoms with Crippen molar-refractivity contribution in [3.8, 4) is 0 Å². The Kier molecular flexibility index (Phi) is 5.08. The van der Waals surface area contributed by atoms with Crippen molar-refractivity contribution in [2.75, 3.05) is 0 Å². The lowest BCUT2D eigenvalue weighted by Gasteiger charge is -2.32. The highest BCUT2D eigenvalue weighted by molar-refractivity contribution is 6.51. The van der Waals surface area contributed by atoms with E-state index >= 15 is 0 Å². The fraction of sp³-hybridized carbons (Fsp3) is 0.867. The number of allylic oxidation sites excluding steroid dienone is 1. The molecule has 0 saturated carbocycles. The molecule has 18 heavy (non-hydrogen) atoms. The van der Waals surface area contributed by atoms with Crippen LogP contribution in [-0.4, -0.2) is 18.3 Å². The van der Waals surface area contributed by atoms with Gasteiger partial charge in [0.15, 0.2) is 0 Å². The molecule has 0 aromatic rings. The van der Waals surface area contributed by atoms with Gasteiger partial charge in [0.25, 0.3) is 0 Å². The normalized spacial score (nSPS) is 24.4. The monoisotopic (exact) mass is 252 g/mol. The van der Waals surface area contributed by atoms with Gasteiger partial charge in [0.05, 0.1) is 11.2 Å². The summed E-state index contributed by atoms with van der Waals surface area (Å²) in [4.78, 5) is 0. The minimum atomic E-state index is -0.231. The average Bonchev–Trinajstić information content (AvgIpc) is 2.43. The Bertz CT molecular complexity index is 292. The van der Waals surface area contributed by atoms with Crippen LogP contribution in [0.4, 0.5) is 0 Å². The lowest BCUT2D eigenvalue weighted by atomic mass is 9.85. The van der Waals surface area contributed by atoms with Crippen molar-refractivity contribution < 1.29 is 9.31 Å². The summed E-state index contributed by atoms with van der Waals surface area (Å²) in [5.41, 5.74) is 0.907. The maximum absolute atomic E-state index is 5.97. The van der Waals surface area contributed by atoms with E-state index in [4.69, 9.17) is 9.31 Å². The van der Waals surface area contributed by atoms with E-state index < -0.39 is 0 Å². The largest absolute Gasteiger partial charge is 0.487 e. The highest BCUT2D eigenvalue weighted by Gasteiger charge is 2.50. The van der Waals surface area contributed by atoms with Gasteiger partial charge in [0.1, 0.15) is 0 Å². The summed E-state index contributed by atoms with van der Waals surface area (Å²) in [6.45, 7) is 15.1. The molecule has 104 valence electrons. The molecule has 1 saturated heterocycles. The first-order valence-corrected chi connectivity index (χ1v) is 7.21. The first kappa shape index (κ1) is 15.8. The third-order valence-electron chi connectivity index (χ3n) is 4.42. The van der Waals surface area contributed by atoms with Gasteiger partial charge < -0.3 is 9.31 Å². The van der Waals surface area contributed by atoms with Crippen molar-refractivity contribution in [1.82, 2.24) is 0 Å². The third-order valence-corrected chi connectivity index (χ3v) is 4.42. The molecule has 1 heterocycles. The Morgan fingerprint density at radius 2 is 1.67 bits per heavy atom. The van der Waals surface area contributed by atoms with Crippen molar-refractivity contribution in [2.45, 2.75) is 78.9 Å². The predicted molar refractivity (Wildman–Crippen MR) is 78.5 cm³/mol. The molecule has 0 amide bonds. The van der Waals surface area contributed by atoms with Crippen LogP contribution in [0.1, 0.15) is 67.7 Å². The van der Waals surface area contributed by atoms with Gasteiger partial charge in [-0.1, -0.05) is 31.8 Å². The van der Waals surface area contributed by atoms with Crippen molar-refractivity contribution in [3.05, 3.63) is 11.5 Å². The maximum Gasteiger partial charge on any atom is 0.487 e. The molecule has 0 bridgehead atoms. The van der Waals surface area contributed by atoms with Gasteiger partial charge in [0.2, 0.25) is 0 Å². The second-order valence-electron chi connectivity index (χ2n) is 6.69. The Balaban J connectivity index is 2.53. The molecule has 0 N–H and O–H groups in total. The van der Waals surface area contributed by atoms with E-state index in [0.29, 0.717) is 0 Å². The fourth-order valence-electron chi connectivity index (χ4n) is 1.95. The van der Waals surface area contributed by atoms with Crippen molar-refractivity contribution in [1.29, 1.82) is 0 Å². The molecule has 0 radical (unpaired) electrons. The summed E-state index contributed by atoms with van der Waals surface area (Å²) < 4.78 is 11.9. The lowest BCUT2D eigenvalue weighted by Crippen LogP contribution is -2.41. The van der Waals surface area contributed by atoms with E-state index in [1.807, 2.05) is 0 Å². The van der Waals surface area contributed by atoms with E-state index in [-0.39, 0.29) is 18.3 Å². The molecule has 1 aliphatic rings. The minimum absolute atomic E-state index is 0.188. The number of hydrogen-bond acceptors (Lipinski definition) is 2. The first-order chi connectivity index (χ1) is 8.18. The molecule has 1 fully saturated rings. The summed E-state index contributed by atoms with van der Waals surface area (Å²) in [5.74, 6) is 2.94. The second kappa shape index (κ2) is 5.79. The van der Waals surface area contributed by atoms with Crippen molar-refractivity contribution in [3.63, 3.8) is 0 Å². The van der Waals surface area contributed by atoms with E-state index in [1.165, 1.54) is 18.4 Å². The smallest absolute Gasteiger partial charge is 0.400 e. The molecule has 0 spiro atoms. The second-order valence-corrected chi connectivity index (χ2v) is 6.69. The quantitative estimate of drug-likeness (QED) is 0.675. The zero-order valence-corrected chi connectivity index (χ0v) is 13.2. The van der Waals surface area contributed by atoms with Gasteiger partial charge in [0, 0.05) is 0 Å². The lowest BCUT2D eigenvalue weighted by molar-refractivity contribution is 0.00578. The van der Waals surface area contributed by atoms with Gasteiger partial charge in [-0.05, 0) is 53.4 Å². The Morgan fingerprint density at radius 3 is 2.11 bits per heavy atom. The van der Waals surface area contributed by atoms with Crippen LogP contribution in [0.3, 0.4) is 0 Å². The molecular formula is C15H29BO2. The Hall–Kier alpha value is -0.275. The van der Waals surface area contributed by atoms with Gasteiger partial charge in [-0.15, -0.1) is 0 Å². The van der Waals surface area contributed by atoms with Gasteiger partial charge in [-0.25, -0.2) is 0 Å². The van der Waals surface area contributed by atoms with Crippen LogP contribution in [0.5, 0.6) is 0 Å². The Labute approximate surface area is 113 Å². The van der Waals surface area contributed by atoms with Crippen LogP contribution in [0, 0.1) is 5.92 Å². The molecule has 0 aromatic carbocycles. The van der Waals surface area contributed by atoms with E-state index in [9.17, 15) is 0 Å². The highest BCUT2D eigenvalue weighted by Crippen LogP contribution is 2.37. The van der Waals surface area contributed by atoms with Crippen LogP contribution in [0.25, 0.3) is 0 Å². The summed E-state index contributed by atoms with van der Waals surface area (Å²) in [5, 5.41) is 0. The van der Waals surface area contributed by atoms with E-state index in [0.717, 1.165) is 12.3 Å². The van der Waals surface area contributed by atoms with Crippen LogP contribution < -0.4 is 0 Å². The molecule has 0 aliphatic carbocycles. The zero-order chi connectivity index (χ0) is 14.0. The van der Waals surface area contributed by atoms with E-state index in [2.05, 4.69) is 54.4 Å². The molecule has 0 aromatic heterocycles. The first-order valence-electron chi connectivity index (χ1n) is 7.21. The minimum Gasteiger partial charge on any atom is -0.400 e. The standard InChI is InChI=1S/C15H29BO2/c1-8-12(2)9-10-13(3)11-16-17-14(4,5)15(6,7)18-16/h11-12H,8-10H2,1-7H3/b13-11+. The predicted octanol–water partition coefficient (Wildman–Crippen LogP) is 4.39. The fourth-order valence-corrected chi connectivity index (χ4v) is 1.95. The SMILES string of the molecule is CCC(C)CC/C(C)=C/B1OC(C)(C)C(C)(C)O1. The van der Waals surface area contributed by atoms with Crippen molar-refractivity contribution in [2.24, 2.45) is 5.92 Å². The van der Waals surface area contributed by atoms with Crippen LogP contribution in [0.2, 0.25) is 0 Å². The molecule has 1 unspecified atom stereocenters. The summed E-state index contributed by atoms with van der Waals surface area (Å²) in [7, 11) is -0.188. The number of rotatable bonds is 5. The highest BCUT2D eigenvalue weighted by atomic mass is 16.7. The van der Waals surface area contributed by atoms with Gasteiger partial charge >= 0.3 is 7.12 Å². The average molecular weight is 252 g/mol.